The van der Waals surface area contributed by atoms with Crippen LogP contribution in [0.3, 0.4) is 0 Å². The number of nitrogens with one attached hydrogen (secondary N) is 1. The van der Waals surface area contributed by atoms with Gasteiger partial charge in [0, 0.05) is 37.6 Å². The molecule has 0 spiro atoms. The number of nitrogens with zero attached hydrogens (tertiary/aromatic N) is 1. The van der Waals surface area contributed by atoms with E-state index in [0.717, 1.165) is 19.5 Å². The van der Waals surface area contributed by atoms with Crippen LogP contribution in [0.1, 0.15) is 45.4 Å². The van der Waals surface area contributed by atoms with Gasteiger partial charge < -0.3 is 10.4 Å². The van der Waals surface area contributed by atoms with Crippen molar-refractivity contribution in [2.24, 2.45) is 0 Å². The van der Waals surface area contributed by atoms with Gasteiger partial charge in [0.2, 0.25) is 0 Å². The van der Waals surface area contributed by atoms with Crippen LogP contribution in [0.15, 0.2) is 0 Å². The zero-order valence-corrected chi connectivity index (χ0v) is 10.7. The van der Waals surface area contributed by atoms with Crippen LogP contribution in [0.4, 0.5) is 0 Å². The monoisotopic (exact) mass is 240 g/mol. The van der Waals surface area contributed by atoms with Gasteiger partial charge in [0.1, 0.15) is 0 Å². The van der Waals surface area contributed by atoms with Gasteiger partial charge in [-0.05, 0) is 26.2 Å². The molecule has 2 unspecified atom stereocenters. The lowest BCUT2D eigenvalue weighted by atomic mass is 10.00. The van der Waals surface area contributed by atoms with E-state index in [4.69, 9.17) is 5.11 Å². The Morgan fingerprint density at radius 2 is 2.06 bits per heavy atom. The normalized spacial score (nSPS) is 31.8. The van der Waals surface area contributed by atoms with Crippen LogP contribution in [0, 0.1) is 0 Å². The Labute approximate surface area is 103 Å². The summed E-state index contributed by atoms with van der Waals surface area (Å²) in [5, 5.41) is 12.2. The highest BCUT2D eigenvalue weighted by Gasteiger charge is 2.34. The van der Waals surface area contributed by atoms with Gasteiger partial charge >= 0.3 is 5.97 Å². The molecule has 0 aromatic carbocycles. The molecule has 0 aromatic heterocycles. The Hall–Kier alpha value is -0.610. The molecule has 1 heterocycles. The Morgan fingerprint density at radius 1 is 1.35 bits per heavy atom. The van der Waals surface area contributed by atoms with E-state index in [1.54, 1.807) is 0 Å². The van der Waals surface area contributed by atoms with Crippen molar-refractivity contribution < 1.29 is 9.90 Å². The Bertz CT molecular complexity index is 264. The molecule has 4 nitrogen and oxygen atoms in total. The molecule has 0 radical (unpaired) electrons. The summed E-state index contributed by atoms with van der Waals surface area (Å²) in [5.74, 6) is -0.672. The van der Waals surface area contributed by atoms with Gasteiger partial charge in [-0.1, -0.05) is 12.8 Å². The Balaban J connectivity index is 1.96. The van der Waals surface area contributed by atoms with Crippen molar-refractivity contribution in [2.45, 2.75) is 63.6 Å². The van der Waals surface area contributed by atoms with Crippen molar-refractivity contribution in [2.75, 3.05) is 13.1 Å². The van der Waals surface area contributed by atoms with Crippen LogP contribution in [0.5, 0.6) is 0 Å². The third-order valence-corrected chi connectivity index (χ3v) is 4.19. The molecule has 1 saturated heterocycles. The molecule has 1 aliphatic heterocycles. The lowest BCUT2D eigenvalue weighted by Crippen LogP contribution is -2.59. The summed E-state index contributed by atoms with van der Waals surface area (Å²) in [6.07, 6.45) is 6.35. The zero-order valence-electron chi connectivity index (χ0n) is 10.7. The summed E-state index contributed by atoms with van der Waals surface area (Å²) >= 11 is 0. The largest absolute Gasteiger partial charge is 0.481 e. The van der Waals surface area contributed by atoms with E-state index >= 15 is 0 Å². The molecule has 1 saturated carbocycles. The number of carbonyl (C=O) groups is 1. The van der Waals surface area contributed by atoms with Crippen LogP contribution < -0.4 is 5.32 Å². The molecule has 2 fully saturated rings. The fraction of sp³-hybridized carbons (Fsp3) is 0.923. The predicted molar refractivity (Wildman–Crippen MR) is 67.1 cm³/mol. The minimum Gasteiger partial charge on any atom is -0.481 e. The molecule has 2 aliphatic rings. The Kier molecular flexibility index (Phi) is 4.40. The van der Waals surface area contributed by atoms with Crippen molar-refractivity contribution in [3.05, 3.63) is 0 Å². The van der Waals surface area contributed by atoms with Crippen LogP contribution >= 0.6 is 0 Å². The van der Waals surface area contributed by atoms with Gasteiger partial charge in [0.05, 0.1) is 0 Å². The minimum absolute atomic E-state index is 0.294. The summed E-state index contributed by atoms with van der Waals surface area (Å²) < 4.78 is 0. The lowest BCUT2D eigenvalue weighted by Gasteiger charge is -2.45. The molecule has 17 heavy (non-hydrogen) atoms. The molecule has 2 atom stereocenters. The van der Waals surface area contributed by atoms with Crippen molar-refractivity contribution in [3.8, 4) is 0 Å². The summed E-state index contributed by atoms with van der Waals surface area (Å²) in [5.41, 5.74) is 0. The Morgan fingerprint density at radius 3 is 2.71 bits per heavy atom. The molecule has 0 bridgehead atoms. The van der Waals surface area contributed by atoms with E-state index < -0.39 is 5.97 Å². The van der Waals surface area contributed by atoms with E-state index in [1.165, 1.54) is 25.7 Å². The van der Waals surface area contributed by atoms with Crippen molar-refractivity contribution in [1.29, 1.82) is 0 Å². The second-order valence-electron chi connectivity index (χ2n) is 5.48. The fourth-order valence-electron chi connectivity index (χ4n) is 3.43. The molecular weight excluding hydrogens is 216 g/mol. The smallest absolute Gasteiger partial charge is 0.303 e. The topological polar surface area (TPSA) is 52.6 Å². The quantitative estimate of drug-likeness (QED) is 0.781. The summed E-state index contributed by atoms with van der Waals surface area (Å²) in [6.45, 7) is 4.26. The second kappa shape index (κ2) is 5.83. The number of aliphatic carboxylic acids is 1. The first-order valence-electron chi connectivity index (χ1n) is 6.88. The van der Waals surface area contributed by atoms with Crippen molar-refractivity contribution >= 4 is 5.97 Å². The minimum atomic E-state index is -0.672. The van der Waals surface area contributed by atoms with E-state index in [2.05, 4.69) is 17.1 Å². The molecule has 2 N–H and O–H groups in total. The van der Waals surface area contributed by atoms with Gasteiger partial charge in [-0.25, -0.2) is 0 Å². The molecule has 0 amide bonds. The summed E-state index contributed by atoms with van der Waals surface area (Å²) in [4.78, 5) is 13.3. The third kappa shape index (κ3) is 3.19. The van der Waals surface area contributed by atoms with Crippen molar-refractivity contribution in [3.63, 3.8) is 0 Å². The number of carboxylic acids is 1. The zero-order chi connectivity index (χ0) is 12.3. The highest BCUT2D eigenvalue weighted by Crippen LogP contribution is 2.29. The number of rotatable bonds is 4. The molecule has 2 rings (SSSR count). The van der Waals surface area contributed by atoms with E-state index in [-0.39, 0.29) is 0 Å². The number of hydrogen-bond acceptors (Lipinski definition) is 3. The van der Waals surface area contributed by atoms with Crippen LogP contribution in [-0.4, -0.2) is 47.2 Å². The fourth-order valence-corrected chi connectivity index (χ4v) is 3.43. The number of carboxylic acid groups (broad SMARTS) is 1. The summed E-state index contributed by atoms with van der Waals surface area (Å²) in [6, 6.07) is 1.66. The average molecular weight is 240 g/mol. The first kappa shape index (κ1) is 12.8. The summed E-state index contributed by atoms with van der Waals surface area (Å²) in [7, 11) is 0. The highest BCUT2D eigenvalue weighted by atomic mass is 16.4. The molecule has 98 valence electrons. The van der Waals surface area contributed by atoms with Gasteiger partial charge in [0.15, 0.2) is 0 Å². The molecule has 0 aromatic rings. The van der Waals surface area contributed by atoms with Crippen LogP contribution in [0.2, 0.25) is 0 Å². The van der Waals surface area contributed by atoms with Gasteiger partial charge in [0.25, 0.3) is 0 Å². The first-order chi connectivity index (χ1) is 8.18. The maximum absolute atomic E-state index is 10.7. The van der Waals surface area contributed by atoms with E-state index in [0.29, 0.717) is 24.5 Å². The van der Waals surface area contributed by atoms with E-state index in [9.17, 15) is 4.79 Å². The van der Waals surface area contributed by atoms with Gasteiger partial charge in [-0.2, -0.15) is 0 Å². The van der Waals surface area contributed by atoms with Crippen LogP contribution in [-0.2, 0) is 4.79 Å². The lowest BCUT2D eigenvalue weighted by molar-refractivity contribution is -0.137. The van der Waals surface area contributed by atoms with E-state index in [1.807, 2.05) is 0 Å². The number of piperazine rings is 1. The maximum Gasteiger partial charge on any atom is 0.303 e. The third-order valence-electron chi connectivity index (χ3n) is 4.19. The maximum atomic E-state index is 10.7. The van der Waals surface area contributed by atoms with Crippen molar-refractivity contribution in [1.82, 2.24) is 10.2 Å². The molecule has 1 aliphatic carbocycles. The molecular formula is C13H24N2O2. The van der Waals surface area contributed by atoms with Gasteiger partial charge in [-0.15, -0.1) is 0 Å². The standard InChI is InChI=1S/C13H24N2O2/c1-10-8-14-9-12(6-7-13(16)17)15(10)11-4-2-3-5-11/h10-12,14H,2-9H2,1H3,(H,16,17). The predicted octanol–water partition coefficient (Wildman–Crippen LogP) is 1.46. The number of hydrogen-bond donors (Lipinski definition) is 2. The van der Waals surface area contributed by atoms with Crippen LogP contribution in [0.25, 0.3) is 0 Å². The molecule has 4 heteroatoms. The average Bonchev–Trinajstić information content (AvgIpc) is 2.79. The second-order valence-corrected chi connectivity index (χ2v) is 5.48. The SMILES string of the molecule is CC1CNCC(CCC(=O)O)N1C1CCCC1. The highest BCUT2D eigenvalue weighted by molar-refractivity contribution is 5.66. The van der Waals surface area contributed by atoms with Gasteiger partial charge in [-0.3, -0.25) is 9.69 Å². The first-order valence-corrected chi connectivity index (χ1v) is 6.88.